The van der Waals surface area contributed by atoms with Crippen LogP contribution in [0.25, 0.3) is 0 Å². The molecule has 0 fully saturated rings. The van der Waals surface area contributed by atoms with Gasteiger partial charge in [-0.15, -0.1) is 0 Å². The highest BCUT2D eigenvalue weighted by atomic mass is 16.3. The van der Waals surface area contributed by atoms with E-state index in [-0.39, 0.29) is 0 Å². The summed E-state index contributed by atoms with van der Waals surface area (Å²) in [5, 5.41) is 8.92. The summed E-state index contributed by atoms with van der Waals surface area (Å²) in [5.41, 5.74) is 0.609. The van der Waals surface area contributed by atoms with Gasteiger partial charge in [0.2, 0.25) is 0 Å². The molecule has 3 heteroatoms. The zero-order valence-electron chi connectivity index (χ0n) is 5.15. The maximum atomic E-state index is 8.92. The van der Waals surface area contributed by atoms with Gasteiger partial charge in [0.05, 0.1) is 18.0 Å². The molecule has 3 nitrogen and oxygen atoms in total. The highest BCUT2D eigenvalue weighted by molar-refractivity contribution is 4.96. The molecular weight excluding hydrogens is 116 g/mol. The van der Waals surface area contributed by atoms with Gasteiger partial charge in [-0.2, -0.15) is 0 Å². The van der Waals surface area contributed by atoms with Gasteiger partial charge in [-0.3, -0.25) is 9.97 Å². The Labute approximate surface area is 53.4 Å². The van der Waals surface area contributed by atoms with Crippen molar-refractivity contribution in [3.8, 4) is 0 Å². The minimum Gasteiger partial charge on any atom is -0.387 e. The van der Waals surface area contributed by atoms with Crippen molar-refractivity contribution in [2.75, 3.05) is 0 Å². The minimum atomic E-state index is -0.515. The first kappa shape index (κ1) is 6.16. The number of hydrogen-bond acceptors (Lipinski definition) is 3. The van der Waals surface area contributed by atoms with Crippen molar-refractivity contribution in [2.24, 2.45) is 0 Å². The first-order valence-corrected chi connectivity index (χ1v) is 2.74. The molecule has 1 aromatic heterocycles. The molecule has 9 heavy (non-hydrogen) atoms. The lowest BCUT2D eigenvalue weighted by atomic mass is 10.3. The third kappa shape index (κ3) is 1.47. The van der Waals surface area contributed by atoms with E-state index < -0.39 is 6.10 Å². The van der Waals surface area contributed by atoms with Crippen LogP contribution in [0.1, 0.15) is 18.7 Å². The second-order valence-corrected chi connectivity index (χ2v) is 1.81. The van der Waals surface area contributed by atoms with Crippen LogP contribution in [0.2, 0.25) is 0 Å². The van der Waals surface area contributed by atoms with Crippen molar-refractivity contribution in [2.45, 2.75) is 13.0 Å². The quantitative estimate of drug-likeness (QED) is 0.594. The highest BCUT2D eigenvalue weighted by Crippen LogP contribution is 2.03. The van der Waals surface area contributed by atoms with Crippen LogP contribution < -0.4 is 0 Å². The summed E-state index contributed by atoms with van der Waals surface area (Å²) in [6.07, 6.45) is 4.16. The second kappa shape index (κ2) is 2.55. The smallest absolute Gasteiger partial charge is 0.0947 e. The molecule has 0 radical (unpaired) electrons. The molecule has 1 atom stereocenters. The standard InChI is InChI=1S/C6H8N2O/c1-5(9)6-4-7-2-3-8-6/h2-5,9H,1H3/t5-/m0/s1. The summed E-state index contributed by atoms with van der Waals surface area (Å²) in [5.74, 6) is 0. The van der Waals surface area contributed by atoms with Gasteiger partial charge in [-0.05, 0) is 6.92 Å². The normalized spacial score (nSPS) is 13.1. The summed E-state index contributed by atoms with van der Waals surface area (Å²) in [6.45, 7) is 1.66. The monoisotopic (exact) mass is 124 g/mol. The molecule has 0 spiro atoms. The van der Waals surface area contributed by atoms with E-state index in [9.17, 15) is 0 Å². The van der Waals surface area contributed by atoms with E-state index in [0.29, 0.717) is 5.69 Å². The molecule has 0 aromatic carbocycles. The van der Waals surface area contributed by atoms with Crippen molar-refractivity contribution in [3.63, 3.8) is 0 Å². The predicted octanol–water partition coefficient (Wildman–Crippen LogP) is 0.530. The number of aliphatic hydroxyl groups is 1. The molecule has 0 amide bonds. The van der Waals surface area contributed by atoms with Crippen molar-refractivity contribution < 1.29 is 5.11 Å². The van der Waals surface area contributed by atoms with Gasteiger partial charge >= 0.3 is 0 Å². The van der Waals surface area contributed by atoms with Gasteiger partial charge in [0.15, 0.2) is 0 Å². The van der Waals surface area contributed by atoms with E-state index in [0.717, 1.165) is 0 Å². The van der Waals surface area contributed by atoms with Gasteiger partial charge in [0, 0.05) is 12.4 Å². The lowest BCUT2D eigenvalue weighted by Gasteiger charge is -1.98. The second-order valence-electron chi connectivity index (χ2n) is 1.81. The van der Waals surface area contributed by atoms with Crippen LogP contribution in [0.5, 0.6) is 0 Å². The van der Waals surface area contributed by atoms with Crippen LogP contribution in [0.15, 0.2) is 18.6 Å². The number of hydrogen-bond donors (Lipinski definition) is 1. The summed E-state index contributed by atoms with van der Waals surface area (Å²) in [7, 11) is 0. The molecule has 48 valence electrons. The van der Waals surface area contributed by atoms with Gasteiger partial charge in [-0.1, -0.05) is 0 Å². The summed E-state index contributed by atoms with van der Waals surface area (Å²) < 4.78 is 0. The third-order valence-electron chi connectivity index (χ3n) is 1.01. The first-order valence-electron chi connectivity index (χ1n) is 2.74. The van der Waals surface area contributed by atoms with Crippen LogP contribution >= 0.6 is 0 Å². The molecule has 0 aliphatic rings. The molecule has 1 rings (SSSR count). The first-order chi connectivity index (χ1) is 4.30. The van der Waals surface area contributed by atoms with E-state index >= 15 is 0 Å². The van der Waals surface area contributed by atoms with Crippen LogP contribution in [-0.2, 0) is 0 Å². The Morgan fingerprint density at radius 3 is 2.67 bits per heavy atom. The molecule has 0 aliphatic carbocycles. The highest BCUT2D eigenvalue weighted by Gasteiger charge is 1.98. The van der Waals surface area contributed by atoms with Gasteiger partial charge in [0.1, 0.15) is 0 Å². The van der Waals surface area contributed by atoms with Crippen LogP contribution in [-0.4, -0.2) is 15.1 Å². The Morgan fingerprint density at radius 1 is 1.56 bits per heavy atom. The van der Waals surface area contributed by atoms with Crippen LogP contribution in [0.3, 0.4) is 0 Å². The average Bonchev–Trinajstić information content (AvgIpc) is 1.90. The molecule has 1 heterocycles. The molecule has 0 saturated carbocycles. The predicted molar refractivity (Wildman–Crippen MR) is 32.7 cm³/mol. The van der Waals surface area contributed by atoms with Crippen LogP contribution in [0.4, 0.5) is 0 Å². The van der Waals surface area contributed by atoms with Crippen molar-refractivity contribution in [1.82, 2.24) is 9.97 Å². The van der Waals surface area contributed by atoms with Crippen LogP contribution in [0, 0.1) is 0 Å². The molecule has 0 bridgehead atoms. The maximum Gasteiger partial charge on any atom is 0.0947 e. The fraction of sp³-hybridized carbons (Fsp3) is 0.333. The molecule has 0 saturated heterocycles. The Balaban J connectivity index is 2.85. The van der Waals surface area contributed by atoms with E-state index in [1.807, 2.05) is 0 Å². The molecule has 1 N–H and O–H groups in total. The lowest BCUT2D eigenvalue weighted by Crippen LogP contribution is -1.94. The summed E-state index contributed by atoms with van der Waals surface area (Å²) >= 11 is 0. The van der Waals surface area contributed by atoms with E-state index in [4.69, 9.17) is 5.11 Å². The van der Waals surface area contributed by atoms with E-state index in [1.54, 1.807) is 25.5 Å². The fourth-order valence-corrected chi connectivity index (χ4v) is 0.526. The van der Waals surface area contributed by atoms with Gasteiger partial charge < -0.3 is 5.11 Å². The van der Waals surface area contributed by atoms with Gasteiger partial charge in [0.25, 0.3) is 0 Å². The largest absolute Gasteiger partial charge is 0.387 e. The topological polar surface area (TPSA) is 46.0 Å². The Kier molecular flexibility index (Phi) is 1.75. The summed E-state index contributed by atoms with van der Waals surface area (Å²) in [6, 6.07) is 0. The SMILES string of the molecule is C[C@H](O)c1cnccn1. The number of rotatable bonds is 1. The Bertz CT molecular complexity index is 174. The minimum absolute atomic E-state index is 0.515. The van der Waals surface area contributed by atoms with Gasteiger partial charge in [-0.25, -0.2) is 0 Å². The lowest BCUT2D eigenvalue weighted by molar-refractivity contribution is 0.194. The molecule has 1 aromatic rings. The number of nitrogens with zero attached hydrogens (tertiary/aromatic N) is 2. The Hall–Kier alpha value is -0.960. The third-order valence-corrected chi connectivity index (χ3v) is 1.01. The number of aliphatic hydroxyl groups excluding tert-OH is 1. The molecule has 0 unspecified atom stereocenters. The zero-order valence-corrected chi connectivity index (χ0v) is 5.15. The average molecular weight is 124 g/mol. The van der Waals surface area contributed by atoms with Crippen molar-refractivity contribution in [1.29, 1.82) is 0 Å². The maximum absolute atomic E-state index is 8.92. The number of aromatic nitrogens is 2. The fourth-order valence-electron chi connectivity index (χ4n) is 0.526. The summed E-state index contributed by atoms with van der Waals surface area (Å²) in [4.78, 5) is 7.65. The van der Waals surface area contributed by atoms with E-state index in [2.05, 4.69) is 9.97 Å². The van der Waals surface area contributed by atoms with E-state index in [1.165, 1.54) is 0 Å². The Morgan fingerprint density at radius 2 is 2.33 bits per heavy atom. The van der Waals surface area contributed by atoms with Crippen molar-refractivity contribution >= 4 is 0 Å². The molecule has 0 aliphatic heterocycles. The molecular formula is C6H8N2O. The van der Waals surface area contributed by atoms with Crippen molar-refractivity contribution in [3.05, 3.63) is 24.3 Å². The zero-order chi connectivity index (χ0) is 6.69.